The van der Waals surface area contributed by atoms with E-state index in [1.54, 1.807) is 5.57 Å². The van der Waals surface area contributed by atoms with E-state index in [1.165, 1.54) is 38.6 Å². The van der Waals surface area contributed by atoms with Gasteiger partial charge in [0.15, 0.2) is 0 Å². The van der Waals surface area contributed by atoms with Crippen LogP contribution in [0.1, 0.15) is 46.0 Å². The normalized spacial score (nSPS) is 36.7. The van der Waals surface area contributed by atoms with Gasteiger partial charge in [-0.15, -0.1) is 0 Å². The highest BCUT2D eigenvalue weighted by atomic mass is 14.9. The third-order valence-corrected chi connectivity index (χ3v) is 4.07. The smallest absolute Gasteiger partial charge is 0.00654 e. The second-order valence-corrected chi connectivity index (χ2v) is 5.02. The molecule has 1 N–H and O–H groups in total. The highest BCUT2D eigenvalue weighted by molar-refractivity contribution is 5.26. The van der Waals surface area contributed by atoms with Gasteiger partial charge in [-0.1, -0.05) is 25.5 Å². The lowest BCUT2D eigenvalue weighted by atomic mass is 9.85. The Morgan fingerprint density at radius 1 is 1.50 bits per heavy atom. The summed E-state index contributed by atoms with van der Waals surface area (Å²) in [6, 6.07) is 0. The summed E-state index contributed by atoms with van der Waals surface area (Å²) in [6.45, 7) is 6.95. The van der Waals surface area contributed by atoms with Crippen molar-refractivity contribution in [1.82, 2.24) is 5.32 Å². The number of hydrogen-bond donors (Lipinski definition) is 1. The van der Waals surface area contributed by atoms with E-state index < -0.39 is 0 Å². The van der Waals surface area contributed by atoms with E-state index in [9.17, 15) is 0 Å². The van der Waals surface area contributed by atoms with Gasteiger partial charge in [0, 0.05) is 12.0 Å². The largest absolute Gasteiger partial charge is 0.316 e. The van der Waals surface area contributed by atoms with Crippen LogP contribution in [-0.2, 0) is 0 Å². The van der Waals surface area contributed by atoms with Crippen LogP contribution in [0, 0.1) is 11.3 Å². The molecule has 0 saturated heterocycles. The molecule has 1 saturated carbocycles. The Balaban J connectivity index is 2.01. The van der Waals surface area contributed by atoms with Crippen LogP contribution in [0.3, 0.4) is 0 Å². The van der Waals surface area contributed by atoms with Crippen molar-refractivity contribution in [3.8, 4) is 0 Å². The monoisotopic (exact) mass is 193 g/mol. The molecule has 0 bridgehead atoms. The highest BCUT2D eigenvalue weighted by Gasteiger charge is 2.52. The summed E-state index contributed by atoms with van der Waals surface area (Å²) in [5, 5.41) is 3.54. The van der Waals surface area contributed by atoms with E-state index in [4.69, 9.17) is 0 Å². The summed E-state index contributed by atoms with van der Waals surface area (Å²) in [5.41, 5.74) is 2.35. The molecular weight excluding hydrogens is 170 g/mol. The zero-order chi connectivity index (χ0) is 10.0. The first-order chi connectivity index (χ1) is 6.79. The van der Waals surface area contributed by atoms with Gasteiger partial charge in [0.05, 0.1) is 0 Å². The van der Waals surface area contributed by atoms with Crippen molar-refractivity contribution in [2.45, 2.75) is 46.0 Å². The Bertz CT molecular complexity index is 231. The van der Waals surface area contributed by atoms with Crippen LogP contribution in [0.5, 0.6) is 0 Å². The van der Waals surface area contributed by atoms with Crippen molar-refractivity contribution >= 4 is 0 Å². The molecule has 2 atom stereocenters. The fraction of sp³-hybridized carbons (Fsp3) is 0.846. The first kappa shape index (κ1) is 10.2. The van der Waals surface area contributed by atoms with Gasteiger partial charge >= 0.3 is 0 Å². The molecule has 80 valence electrons. The summed E-state index contributed by atoms with van der Waals surface area (Å²) >= 11 is 0. The molecule has 0 spiro atoms. The predicted molar refractivity (Wildman–Crippen MR) is 61.3 cm³/mol. The van der Waals surface area contributed by atoms with Gasteiger partial charge in [0.2, 0.25) is 0 Å². The van der Waals surface area contributed by atoms with E-state index in [0.29, 0.717) is 5.41 Å². The van der Waals surface area contributed by atoms with Crippen molar-refractivity contribution in [3.05, 3.63) is 11.6 Å². The first-order valence-corrected chi connectivity index (χ1v) is 6.20. The molecule has 0 aliphatic heterocycles. The van der Waals surface area contributed by atoms with Crippen LogP contribution in [0.25, 0.3) is 0 Å². The average molecular weight is 193 g/mol. The third-order valence-electron chi connectivity index (χ3n) is 4.07. The van der Waals surface area contributed by atoms with E-state index in [1.807, 2.05) is 0 Å². The Morgan fingerprint density at radius 3 is 2.79 bits per heavy atom. The first-order valence-electron chi connectivity index (χ1n) is 6.20. The van der Waals surface area contributed by atoms with Crippen LogP contribution >= 0.6 is 0 Å². The second-order valence-electron chi connectivity index (χ2n) is 5.02. The lowest BCUT2D eigenvalue weighted by Gasteiger charge is -2.24. The lowest BCUT2D eigenvalue weighted by Crippen LogP contribution is -2.27. The zero-order valence-corrected chi connectivity index (χ0v) is 9.60. The fourth-order valence-electron chi connectivity index (χ4n) is 2.93. The van der Waals surface area contributed by atoms with Gasteiger partial charge in [-0.3, -0.25) is 0 Å². The summed E-state index contributed by atoms with van der Waals surface area (Å²) in [7, 11) is 0. The number of nitrogens with one attached hydrogen (secondary N) is 1. The topological polar surface area (TPSA) is 12.0 Å². The SMILES string of the molecule is CCNCC1(C2=CCCCC2)CC1C. The van der Waals surface area contributed by atoms with E-state index in [2.05, 4.69) is 25.2 Å². The number of allylic oxidation sites excluding steroid dienone is 1. The van der Waals surface area contributed by atoms with Crippen molar-refractivity contribution < 1.29 is 0 Å². The minimum atomic E-state index is 0.580. The molecule has 0 radical (unpaired) electrons. The van der Waals surface area contributed by atoms with Crippen molar-refractivity contribution in [2.75, 3.05) is 13.1 Å². The van der Waals surface area contributed by atoms with Crippen molar-refractivity contribution in [2.24, 2.45) is 11.3 Å². The molecule has 2 unspecified atom stereocenters. The highest BCUT2D eigenvalue weighted by Crippen LogP contribution is 2.58. The summed E-state index contributed by atoms with van der Waals surface area (Å²) < 4.78 is 0. The van der Waals surface area contributed by atoms with Gasteiger partial charge < -0.3 is 5.32 Å². The molecule has 0 aromatic carbocycles. The molecule has 1 fully saturated rings. The van der Waals surface area contributed by atoms with Crippen LogP contribution in [-0.4, -0.2) is 13.1 Å². The lowest BCUT2D eigenvalue weighted by molar-refractivity contribution is 0.465. The molecule has 0 heterocycles. The second kappa shape index (κ2) is 4.06. The molecule has 0 aromatic rings. The van der Waals surface area contributed by atoms with Gasteiger partial charge in [0.1, 0.15) is 0 Å². The maximum atomic E-state index is 3.54. The van der Waals surface area contributed by atoms with E-state index >= 15 is 0 Å². The number of hydrogen-bond acceptors (Lipinski definition) is 1. The Labute approximate surface area is 88.0 Å². The average Bonchev–Trinajstić information content (AvgIpc) is 2.89. The minimum absolute atomic E-state index is 0.580. The fourth-order valence-corrected chi connectivity index (χ4v) is 2.93. The van der Waals surface area contributed by atoms with Crippen LogP contribution in [0.2, 0.25) is 0 Å². The Hall–Kier alpha value is -0.300. The standard InChI is InChI=1S/C13H23N/c1-3-14-10-13(9-11(13)2)12-7-5-4-6-8-12/h7,11,14H,3-6,8-10H2,1-2H3. The molecule has 2 aliphatic rings. The molecule has 14 heavy (non-hydrogen) atoms. The van der Waals surface area contributed by atoms with Crippen molar-refractivity contribution in [3.63, 3.8) is 0 Å². The van der Waals surface area contributed by atoms with Crippen LogP contribution in [0.15, 0.2) is 11.6 Å². The maximum absolute atomic E-state index is 3.54. The maximum Gasteiger partial charge on any atom is 0.00654 e. The van der Waals surface area contributed by atoms with E-state index in [-0.39, 0.29) is 0 Å². The molecule has 1 heteroatoms. The quantitative estimate of drug-likeness (QED) is 0.676. The van der Waals surface area contributed by atoms with Crippen molar-refractivity contribution in [1.29, 1.82) is 0 Å². The molecule has 2 rings (SSSR count). The molecule has 2 aliphatic carbocycles. The Kier molecular flexibility index (Phi) is 2.96. The molecule has 1 nitrogen and oxygen atoms in total. The summed E-state index contributed by atoms with van der Waals surface area (Å²) in [6.07, 6.45) is 9.49. The van der Waals surface area contributed by atoms with Crippen LogP contribution in [0.4, 0.5) is 0 Å². The van der Waals surface area contributed by atoms with Gasteiger partial charge in [0.25, 0.3) is 0 Å². The number of rotatable bonds is 4. The molecular formula is C13H23N. The molecule has 0 aromatic heterocycles. The molecule has 0 amide bonds. The van der Waals surface area contributed by atoms with Gasteiger partial charge in [-0.2, -0.15) is 0 Å². The minimum Gasteiger partial charge on any atom is -0.316 e. The summed E-state index contributed by atoms with van der Waals surface area (Å²) in [4.78, 5) is 0. The van der Waals surface area contributed by atoms with Gasteiger partial charge in [-0.05, 0) is 44.6 Å². The third kappa shape index (κ3) is 1.75. The van der Waals surface area contributed by atoms with Gasteiger partial charge in [-0.25, -0.2) is 0 Å². The zero-order valence-electron chi connectivity index (χ0n) is 9.60. The van der Waals surface area contributed by atoms with Crippen LogP contribution < -0.4 is 5.32 Å². The summed E-state index contributed by atoms with van der Waals surface area (Å²) in [5.74, 6) is 0.922. The van der Waals surface area contributed by atoms with E-state index in [0.717, 1.165) is 12.5 Å². The Morgan fingerprint density at radius 2 is 2.29 bits per heavy atom. The predicted octanol–water partition coefficient (Wildman–Crippen LogP) is 3.12.